The maximum atomic E-state index is 11.8. The molecule has 2 rings (SSSR count). The molecule has 0 saturated carbocycles. The van der Waals surface area contributed by atoms with Crippen LogP contribution in [0.3, 0.4) is 0 Å². The number of esters is 1. The number of rotatable bonds is 14. The van der Waals surface area contributed by atoms with Crippen molar-refractivity contribution in [1.29, 1.82) is 0 Å². The van der Waals surface area contributed by atoms with Crippen molar-refractivity contribution in [2.24, 2.45) is 5.92 Å². The van der Waals surface area contributed by atoms with Crippen LogP contribution >= 0.6 is 0 Å². The van der Waals surface area contributed by atoms with E-state index in [-0.39, 0.29) is 18.2 Å². The standard InChI is InChI=1S/C14H26O4.C14H12O/c1-12(2)8-4-3-7-11-18-14(17)10-6-5-9-13(15)16;15-14(13-9-5-2-6-10-13)11-12-7-3-1-4-8-12/h12H,3-11H2,1-2H3,(H,15,16);1-10H,11H2. The van der Waals surface area contributed by atoms with Crippen LogP contribution in [0.1, 0.15) is 81.1 Å². The van der Waals surface area contributed by atoms with Gasteiger partial charge in [0.05, 0.1) is 6.61 Å². The van der Waals surface area contributed by atoms with Gasteiger partial charge in [0, 0.05) is 24.8 Å². The third-order valence-electron chi connectivity index (χ3n) is 5.01. The van der Waals surface area contributed by atoms with Gasteiger partial charge in [0.2, 0.25) is 0 Å². The van der Waals surface area contributed by atoms with Crippen LogP contribution in [0.4, 0.5) is 0 Å². The van der Waals surface area contributed by atoms with Crippen LogP contribution in [0.25, 0.3) is 0 Å². The Bertz CT molecular complexity index is 800. The van der Waals surface area contributed by atoms with Crippen LogP contribution < -0.4 is 0 Å². The maximum Gasteiger partial charge on any atom is 0.305 e. The van der Waals surface area contributed by atoms with Crippen LogP contribution in [0.2, 0.25) is 0 Å². The minimum absolute atomic E-state index is 0.127. The van der Waals surface area contributed by atoms with E-state index >= 15 is 0 Å². The summed E-state index contributed by atoms with van der Waals surface area (Å²) in [5, 5.41) is 8.43. The minimum Gasteiger partial charge on any atom is -0.481 e. The van der Waals surface area contributed by atoms with Gasteiger partial charge in [0.25, 0.3) is 0 Å². The molecule has 0 fully saturated rings. The number of ketones is 1. The largest absolute Gasteiger partial charge is 0.481 e. The number of carboxylic acid groups (broad SMARTS) is 1. The predicted molar refractivity (Wildman–Crippen MR) is 131 cm³/mol. The number of unbranched alkanes of at least 4 members (excludes halogenated alkanes) is 3. The number of Topliss-reactive ketones (excluding diaryl/α,β-unsaturated/α-hetero) is 1. The highest BCUT2D eigenvalue weighted by molar-refractivity contribution is 5.97. The summed E-state index contributed by atoms with van der Waals surface area (Å²) in [5.41, 5.74) is 1.84. The van der Waals surface area contributed by atoms with Crippen molar-refractivity contribution < 1.29 is 24.2 Å². The first-order valence-corrected chi connectivity index (χ1v) is 11.9. The summed E-state index contributed by atoms with van der Waals surface area (Å²) in [6.45, 7) is 4.91. The average Bonchev–Trinajstić information content (AvgIpc) is 2.80. The second-order valence-corrected chi connectivity index (χ2v) is 8.52. The van der Waals surface area contributed by atoms with Crippen molar-refractivity contribution in [3.05, 3.63) is 71.8 Å². The van der Waals surface area contributed by atoms with Crippen molar-refractivity contribution in [2.45, 2.75) is 71.6 Å². The number of hydrogen-bond donors (Lipinski definition) is 1. The van der Waals surface area contributed by atoms with Crippen LogP contribution in [-0.4, -0.2) is 29.4 Å². The lowest BCUT2D eigenvalue weighted by Crippen LogP contribution is -2.06. The average molecular weight is 455 g/mol. The van der Waals surface area contributed by atoms with Crippen molar-refractivity contribution in [1.82, 2.24) is 0 Å². The first-order valence-electron chi connectivity index (χ1n) is 11.9. The van der Waals surface area contributed by atoms with Crippen LogP contribution in [0.5, 0.6) is 0 Å². The zero-order valence-electron chi connectivity index (χ0n) is 20.0. The summed E-state index contributed by atoms with van der Waals surface area (Å²) in [6.07, 6.45) is 6.51. The molecule has 0 aromatic heterocycles. The molecule has 0 aliphatic heterocycles. The number of ether oxygens (including phenoxy) is 1. The van der Waals surface area contributed by atoms with Gasteiger partial charge in [-0.05, 0) is 30.7 Å². The molecule has 0 radical (unpaired) electrons. The number of carboxylic acids is 1. The van der Waals surface area contributed by atoms with E-state index in [2.05, 4.69) is 13.8 Å². The highest BCUT2D eigenvalue weighted by atomic mass is 16.5. The van der Waals surface area contributed by atoms with Crippen molar-refractivity contribution >= 4 is 17.7 Å². The Kier molecular flexibility index (Phi) is 15.0. The van der Waals surface area contributed by atoms with Crippen LogP contribution in [-0.2, 0) is 20.7 Å². The maximum absolute atomic E-state index is 11.8. The molecule has 0 unspecified atom stereocenters. The van der Waals surface area contributed by atoms with Gasteiger partial charge in [0.15, 0.2) is 5.78 Å². The lowest BCUT2D eigenvalue weighted by molar-refractivity contribution is -0.144. The lowest BCUT2D eigenvalue weighted by atomic mass is 10.0. The molecular formula is C28H38O5. The smallest absolute Gasteiger partial charge is 0.305 e. The molecule has 2 aromatic carbocycles. The third kappa shape index (κ3) is 15.5. The van der Waals surface area contributed by atoms with Gasteiger partial charge in [-0.25, -0.2) is 0 Å². The Morgan fingerprint density at radius 1 is 0.788 bits per heavy atom. The molecular weight excluding hydrogens is 416 g/mol. The summed E-state index contributed by atoms with van der Waals surface area (Å²) in [6, 6.07) is 19.2. The number of carbonyl (C=O) groups excluding carboxylic acids is 2. The molecule has 0 bridgehead atoms. The first-order chi connectivity index (χ1) is 15.9. The van der Waals surface area contributed by atoms with Crippen molar-refractivity contribution in [2.75, 3.05) is 6.61 Å². The van der Waals surface area contributed by atoms with Gasteiger partial charge >= 0.3 is 11.9 Å². The molecule has 1 N–H and O–H groups in total. The Morgan fingerprint density at radius 3 is 2.00 bits per heavy atom. The summed E-state index contributed by atoms with van der Waals surface area (Å²) in [5.74, 6) is -0.110. The van der Waals surface area contributed by atoms with E-state index in [0.29, 0.717) is 32.3 Å². The highest BCUT2D eigenvalue weighted by Crippen LogP contribution is 2.09. The Hall–Kier alpha value is -2.95. The van der Waals surface area contributed by atoms with Crippen molar-refractivity contribution in [3.8, 4) is 0 Å². The number of hydrogen-bond acceptors (Lipinski definition) is 4. The van der Waals surface area contributed by atoms with Crippen molar-refractivity contribution in [3.63, 3.8) is 0 Å². The van der Waals surface area contributed by atoms with Gasteiger partial charge in [-0.2, -0.15) is 0 Å². The zero-order valence-corrected chi connectivity index (χ0v) is 20.0. The fourth-order valence-corrected chi connectivity index (χ4v) is 3.14. The zero-order chi connectivity index (χ0) is 24.3. The van der Waals surface area contributed by atoms with Crippen LogP contribution in [0.15, 0.2) is 60.7 Å². The molecule has 0 spiro atoms. The SMILES string of the molecule is CC(C)CCCCCOC(=O)CCCCC(=O)O.O=C(Cc1ccccc1)c1ccccc1. The quantitative estimate of drug-likeness (QED) is 0.200. The number of carbonyl (C=O) groups is 3. The van der Waals surface area contributed by atoms with E-state index in [1.54, 1.807) is 0 Å². The monoisotopic (exact) mass is 454 g/mol. The molecule has 180 valence electrons. The summed E-state index contributed by atoms with van der Waals surface area (Å²) < 4.78 is 5.07. The lowest BCUT2D eigenvalue weighted by Gasteiger charge is -2.06. The van der Waals surface area contributed by atoms with Gasteiger partial charge in [-0.1, -0.05) is 93.8 Å². The molecule has 0 atom stereocenters. The highest BCUT2D eigenvalue weighted by Gasteiger charge is 2.05. The van der Waals surface area contributed by atoms with Gasteiger partial charge < -0.3 is 9.84 Å². The minimum atomic E-state index is -0.812. The van der Waals surface area contributed by atoms with E-state index in [1.807, 2.05) is 60.7 Å². The number of aliphatic carboxylic acids is 1. The van der Waals surface area contributed by atoms with E-state index in [1.165, 1.54) is 12.8 Å². The van der Waals surface area contributed by atoms with Gasteiger partial charge in [-0.3, -0.25) is 14.4 Å². The molecule has 2 aromatic rings. The fraction of sp³-hybridized carbons (Fsp3) is 0.464. The van der Waals surface area contributed by atoms with E-state index in [9.17, 15) is 14.4 Å². The topological polar surface area (TPSA) is 80.7 Å². The molecule has 0 aliphatic rings. The molecule has 0 aliphatic carbocycles. The second-order valence-electron chi connectivity index (χ2n) is 8.52. The molecule has 0 amide bonds. The fourth-order valence-electron chi connectivity index (χ4n) is 3.14. The summed E-state index contributed by atoms with van der Waals surface area (Å²) >= 11 is 0. The van der Waals surface area contributed by atoms with Crippen LogP contribution in [0, 0.1) is 5.92 Å². The predicted octanol–water partition coefficient (Wildman–Crippen LogP) is 6.50. The molecule has 0 heterocycles. The van der Waals surface area contributed by atoms with Gasteiger partial charge in [0.1, 0.15) is 0 Å². The normalized spacial score (nSPS) is 10.3. The Balaban J connectivity index is 0.000000334. The molecule has 5 heteroatoms. The number of benzene rings is 2. The molecule has 0 saturated heterocycles. The Morgan fingerprint density at radius 2 is 1.39 bits per heavy atom. The van der Waals surface area contributed by atoms with E-state index in [4.69, 9.17) is 9.84 Å². The van der Waals surface area contributed by atoms with E-state index < -0.39 is 5.97 Å². The second kappa shape index (κ2) is 17.6. The third-order valence-corrected chi connectivity index (χ3v) is 5.01. The summed E-state index contributed by atoms with van der Waals surface area (Å²) in [4.78, 5) is 33.3. The summed E-state index contributed by atoms with van der Waals surface area (Å²) in [7, 11) is 0. The van der Waals surface area contributed by atoms with E-state index in [0.717, 1.165) is 29.9 Å². The van der Waals surface area contributed by atoms with Gasteiger partial charge in [-0.15, -0.1) is 0 Å². The Labute approximate surface area is 198 Å². The molecule has 5 nitrogen and oxygen atoms in total. The molecule has 33 heavy (non-hydrogen) atoms. The first kappa shape index (κ1) is 28.1.